The van der Waals surface area contributed by atoms with Crippen LogP contribution in [0.2, 0.25) is 0 Å². The fourth-order valence-corrected chi connectivity index (χ4v) is 1.26. The fourth-order valence-electron chi connectivity index (χ4n) is 1.26. The van der Waals surface area contributed by atoms with E-state index in [-0.39, 0.29) is 24.7 Å². The number of pyridine rings is 1. The lowest BCUT2D eigenvalue weighted by Gasteiger charge is -2.08. The van der Waals surface area contributed by atoms with Crippen molar-refractivity contribution in [2.45, 2.75) is 13.3 Å². The van der Waals surface area contributed by atoms with Crippen molar-refractivity contribution in [3.63, 3.8) is 0 Å². The second-order valence-corrected chi connectivity index (χ2v) is 3.40. The SMILES string of the molecule is CCCNc1ccc([N+](=O)[O-])c(NCCO)n1. The zero-order chi connectivity index (χ0) is 12.7. The quantitative estimate of drug-likeness (QED) is 0.489. The molecule has 0 fully saturated rings. The molecule has 0 unspecified atom stereocenters. The number of anilines is 2. The maximum atomic E-state index is 10.8. The number of aliphatic hydroxyl groups excluding tert-OH is 1. The van der Waals surface area contributed by atoms with Crippen molar-refractivity contribution in [2.75, 3.05) is 30.3 Å². The molecule has 94 valence electrons. The van der Waals surface area contributed by atoms with Crippen molar-refractivity contribution in [1.29, 1.82) is 0 Å². The van der Waals surface area contributed by atoms with Gasteiger partial charge in [-0.2, -0.15) is 0 Å². The van der Waals surface area contributed by atoms with Gasteiger partial charge in [0.1, 0.15) is 5.82 Å². The molecule has 0 saturated heterocycles. The average Bonchev–Trinajstić information content (AvgIpc) is 2.33. The number of nitro groups is 1. The summed E-state index contributed by atoms with van der Waals surface area (Å²) < 4.78 is 0. The van der Waals surface area contributed by atoms with Gasteiger partial charge >= 0.3 is 5.69 Å². The Morgan fingerprint density at radius 3 is 2.76 bits per heavy atom. The first-order valence-electron chi connectivity index (χ1n) is 5.43. The fraction of sp³-hybridized carbons (Fsp3) is 0.500. The minimum absolute atomic E-state index is 0.0968. The van der Waals surface area contributed by atoms with Crippen molar-refractivity contribution < 1.29 is 10.0 Å². The van der Waals surface area contributed by atoms with E-state index in [2.05, 4.69) is 15.6 Å². The van der Waals surface area contributed by atoms with Gasteiger partial charge in [0, 0.05) is 19.2 Å². The molecule has 7 nitrogen and oxygen atoms in total. The number of hydrogen-bond acceptors (Lipinski definition) is 6. The van der Waals surface area contributed by atoms with Crippen LogP contribution >= 0.6 is 0 Å². The van der Waals surface area contributed by atoms with Crippen LogP contribution in [0.25, 0.3) is 0 Å². The molecule has 0 aliphatic heterocycles. The van der Waals surface area contributed by atoms with Crippen LogP contribution in [0, 0.1) is 10.1 Å². The summed E-state index contributed by atoms with van der Waals surface area (Å²) in [6.07, 6.45) is 0.943. The van der Waals surface area contributed by atoms with Gasteiger partial charge in [-0.1, -0.05) is 6.92 Å². The van der Waals surface area contributed by atoms with Crippen molar-refractivity contribution in [3.05, 3.63) is 22.2 Å². The van der Waals surface area contributed by atoms with Gasteiger partial charge in [0.25, 0.3) is 0 Å². The predicted molar refractivity (Wildman–Crippen MR) is 65.2 cm³/mol. The van der Waals surface area contributed by atoms with E-state index in [1.165, 1.54) is 6.07 Å². The molecule has 7 heteroatoms. The summed E-state index contributed by atoms with van der Waals surface area (Å²) in [5.41, 5.74) is -0.0968. The lowest BCUT2D eigenvalue weighted by atomic mass is 10.3. The average molecular weight is 240 g/mol. The van der Waals surface area contributed by atoms with E-state index in [1.54, 1.807) is 6.07 Å². The molecule has 0 atom stereocenters. The lowest BCUT2D eigenvalue weighted by molar-refractivity contribution is -0.384. The molecular weight excluding hydrogens is 224 g/mol. The van der Waals surface area contributed by atoms with Gasteiger partial charge in [0.05, 0.1) is 11.5 Å². The maximum absolute atomic E-state index is 10.8. The minimum atomic E-state index is -0.504. The molecule has 0 aromatic carbocycles. The minimum Gasteiger partial charge on any atom is -0.395 e. The highest BCUT2D eigenvalue weighted by Crippen LogP contribution is 2.23. The molecule has 17 heavy (non-hydrogen) atoms. The van der Waals surface area contributed by atoms with Crippen LogP contribution in [0.4, 0.5) is 17.3 Å². The van der Waals surface area contributed by atoms with Gasteiger partial charge in [0.2, 0.25) is 5.82 Å². The molecular formula is C10H16N4O3. The molecule has 0 aliphatic carbocycles. The predicted octanol–water partition coefficient (Wildman–Crippen LogP) is 1.22. The molecule has 0 bridgehead atoms. The standard InChI is InChI=1S/C10H16N4O3/c1-2-5-11-9-4-3-8(14(16)17)10(13-9)12-6-7-15/h3-4,15H,2,5-7H2,1H3,(H2,11,12,13). The molecule has 3 N–H and O–H groups in total. The van der Waals surface area contributed by atoms with E-state index in [1.807, 2.05) is 6.92 Å². The number of nitrogens with zero attached hydrogens (tertiary/aromatic N) is 2. The topological polar surface area (TPSA) is 100 Å². The Bertz CT molecular complexity index is 384. The van der Waals surface area contributed by atoms with Crippen LogP contribution in [0.3, 0.4) is 0 Å². The molecule has 1 aromatic heterocycles. The second-order valence-electron chi connectivity index (χ2n) is 3.40. The van der Waals surface area contributed by atoms with Gasteiger partial charge in [-0.15, -0.1) is 0 Å². The van der Waals surface area contributed by atoms with E-state index in [0.29, 0.717) is 5.82 Å². The van der Waals surface area contributed by atoms with Crippen LogP contribution < -0.4 is 10.6 Å². The summed E-state index contributed by atoms with van der Waals surface area (Å²) in [5.74, 6) is 0.753. The van der Waals surface area contributed by atoms with Crippen molar-refractivity contribution >= 4 is 17.3 Å². The third-order valence-corrected chi connectivity index (χ3v) is 2.03. The van der Waals surface area contributed by atoms with E-state index >= 15 is 0 Å². The third-order valence-electron chi connectivity index (χ3n) is 2.03. The Morgan fingerprint density at radius 2 is 2.18 bits per heavy atom. The van der Waals surface area contributed by atoms with Gasteiger partial charge in [-0.25, -0.2) is 4.98 Å². The number of aliphatic hydroxyl groups is 1. The highest BCUT2D eigenvalue weighted by molar-refractivity contribution is 5.60. The summed E-state index contributed by atoms with van der Waals surface area (Å²) >= 11 is 0. The summed E-state index contributed by atoms with van der Waals surface area (Å²) in [6, 6.07) is 2.96. The van der Waals surface area contributed by atoms with Crippen LogP contribution in [-0.2, 0) is 0 Å². The van der Waals surface area contributed by atoms with E-state index in [9.17, 15) is 10.1 Å². The van der Waals surface area contributed by atoms with Crippen LogP contribution in [0.15, 0.2) is 12.1 Å². The Balaban J connectivity index is 2.88. The van der Waals surface area contributed by atoms with E-state index in [4.69, 9.17) is 5.11 Å². The monoisotopic (exact) mass is 240 g/mol. The van der Waals surface area contributed by atoms with Gasteiger partial charge in [0.15, 0.2) is 0 Å². The lowest BCUT2D eigenvalue weighted by Crippen LogP contribution is -2.11. The van der Waals surface area contributed by atoms with E-state index < -0.39 is 4.92 Å². The van der Waals surface area contributed by atoms with Crippen LogP contribution in [0.5, 0.6) is 0 Å². The molecule has 1 heterocycles. The van der Waals surface area contributed by atoms with Crippen molar-refractivity contribution in [3.8, 4) is 0 Å². The number of rotatable bonds is 7. The largest absolute Gasteiger partial charge is 0.395 e. The first-order chi connectivity index (χ1) is 8.19. The zero-order valence-electron chi connectivity index (χ0n) is 9.64. The first kappa shape index (κ1) is 13.2. The summed E-state index contributed by atoms with van der Waals surface area (Å²) in [7, 11) is 0. The van der Waals surface area contributed by atoms with Gasteiger partial charge in [-0.3, -0.25) is 10.1 Å². The highest BCUT2D eigenvalue weighted by Gasteiger charge is 2.15. The number of aromatic nitrogens is 1. The Labute approximate surface area is 99.0 Å². The highest BCUT2D eigenvalue weighted by atomic mass is 16.6. The molecule has 0 spiro atoms. The smallest absolute Gasteiger partial charge is 0.311 e. The summed E-state index contributed by atoms with van der Waals surface area (Å²) in [4.78, 5) is 14.3. The van der Waals surface area contributed by atoms with Crippen LogP contribution in [0.1, 0.15) is 13.3 Å². The molecule has 0 amide bonds. The third kappa shape index (κ3) is 3.87. The second kappa shape index (κ2) is 6.64. The normalized spacial score (nSPS) is 10.0. The molecule has 1 aromatic rings. The Hall–Kier alpha value is -1.89. The van der Waals surface area contributed by atoms with Crippen molar-refractivity contribution in [2.24, 2.45) is 0 Å². The van der Waals surface area contributed by atoms with E-state index in [0.717, 1.165) is 13.0 Å². The maximum Gasteiger partial charge on any atom is 0.311 e. The summed E-state index contributed by atoms with van der Waals surface area (Å²) in [5, 5.41) is 25.2. The number of hydrogen-bond donors (Lipinski definition) is 3. The summed E-state index contributed by atoms with van der Waals surface area (Å²) in [6.45, 7) is 2.89. The van der Waals surface area contributed by atoms with Gasteiger partial charge < -0.3 is 15.7 Å². The number of nitrogens with one attached hydrogen (secondary N) is 2. The van der Waals surface area contributed by atoms with Crippen molar-refractivity contribution in [1.82, 2.24) is 4.98 Å². The first-order valence-corrected chi connectivity index (χ1v) is 5.43. The zero-order valence-corrected chi connectivity index (χ0v) is 9.64. The Morgan fingerprint density at radius 1 is 1.41 bits per heavy atom. The van der Waals surface area contributed by atoms with Crippen LogP contribution in [-0.4, -0.2) is 34.7 Å². The molecule has 0 radical (unpaired) electrons. The Kier molecular flexibility index (Phi) is 5.15. The molecule has 0 aliphatic rings. The van der Waals surface area contributed by atoms with Gasteiger partial charge in [-0.05, 0) is 12.5 Å². The molecule has 1 rings (SSSR count). The molecule has 0 saturated carbocycles.